The van der Waals surface area contributed by atoms with Gasteiger partial charge >= 0.3 is 0 Å². The van der Waals surface area contributed by atoms with Crippen LogP contribution in [0.4, 0.5) is 20.2 Å². The zero-order valence-electron chi connectivity index (χ0n) is 13.8. The van der Waals surface area contributed by atoms with E-state index in [2.05, 4.69) is 10.2 Å². The van der Waals surface area contributed by atoms with Crippen LogP contribution in [0.2, 0.25) is 0 Å². The summed E-state index contributed by atoms with van der Waals surface area (Å²) in [6.07, 6.45) is 3.72. The Labute approximate surface area is 150 Å². The second-order valence-corrected chi connectivity index (χ2v) is 7.02. The lowest BCUT2D eigenvalue weighted by Crippen LogP contribution is -2.29. The quantitative estimate of drug-likeness (QED) is 0.784. The summed E-state index contributed by atoms with van der Waals surface area (Å²) in [5.41, 5.74) is 1.88. The summed E-state index contributed by atoms with van der Waals surface area (Å²) >= 11 is 1.05. The summed E-state index contributed by atoms with van der Waals surface area (Å²) in [6, 6.07) is 11.1. The predicted molar refractivity (Wildman–Crippen MR) is 98.2 cm³/mol. The minimum absolute atomic E-state index is 0.0659. The Morgan fingerprint density at radius 1 is 1.04 bits per heavy atom. The van der Waals surface area contributed by atoms with E-state index in [1.807, 2.05) is 24.3 Å². The highest BCUT2D eigenvalue weighted by Crippen LogP contribution is 2.24. The number of carbonyl (C=O) groups is 1. The highest BCUT2D eigenvalue weighted by molar-refractivity contribution is 8.00. The molecule has 1 N–H and O–H groups in total. The third-order valence-electron chi connectivity index (χ3n) is 4.12. The van der Waals surface area contributed by atoms with Gasteiger partial charge in [-0.2, -0.15) is 0 Å². The maximum absolute atomic E-state index is 13.6. The van der Waals surface area contributed by atoms with E-state index < -0.39 is 11.6 Å². The number of halogens is 2. The summed E-state index contributed by atoms with van der Waals surface area (Å²) in [7, 11) is 0. The largest absolute Gasteiger partial charge is 0.372 e. The number of piperidine rings is 1. The topological polar surface area (TPSA) is 32.3 Å². The third-order valence-corrected chi connectivity index (χ3v) is 5.17. The van der Waals surface area contributed by atoms with Crippen molar-refractivity contribution < 1.29 is 13.6 Å². The molecule has 0 bridgehead atoms. The number of nitrogens with one attached hydrogen (secondary N) is 1. The van der Waals surface area contributed by atoms with Gasteiger partial charge in [0.1, 0.15) is 11.6 Å². The van der Waals surface area contributed by atoms with Crippen LogP contribution in [-0.2, 0) is 4.79 Å². The zero-order valence-corrected chi connectivity index (χ0v) is 14.6. The normalized spacial score (nSPS) is 14.4. The van der Waals surface area contributed by atoms with Gasteiger partial charge in [-0.3, -0.25) is 4.79 Å². The van der Waals surface area contributed by atoms with Gasteiger partial charge in [0.05, 0.1) is 5.75 Å². The molecular formula is C19H20F2N2OS. The van der Waals surface area contributed by atoms with Gasteiger partial charge in [0.2, 0.25) is 5.91 Å². The SMILES string of the molecule is O=C(CSc1ccc(F)cc1F)Nc1ccc(N2CCCCC2)cc1. The highest BCUT2D eigenvalue weighted by Gasteiger charge is 2.11. The average Bonchev–Trinajstić information content (AvgIpc) is 2.62. The van der Waals surface area contributed by atoms with Crippen LogP contribution in [0.25, 0.3) is 0 Å². The number of anilines is 2. The average molecular weight is 362 g/mol. The Bertz CT molecular complexity index is 731. The molecule has 1 aliphatic rings. The van der Waals surface area contributed by atoms with Crippen LogP contribution < -0.4 is 10.2 Å². The fourth-order valence-corrected chi connectivity index (χ4v) is 3.56. The van der Waals surface area contributed by atoms with Gasteiger partial charge in [0, 0.05) is 35.4 Å². The van der Waals surface area contributed by atoms with Gasteiger partial charge in [-0.25, -0.2) is 8.78 Å². The number of benzene rings is 2. The lowest BCUT2D eigenvalue weighted by Gasteiger charge is -2.28. The number of carbonyl (C=O) groups excluding carboxylic acids is 1. The molecule has 1 amide bonds. The fraction of sp³-hybridized carbons (Fsp3) is 0.316. The second-order valence-electron chi connectivity index (χ2n) is 6.01. The summed E-state index contributed by atoms with van der Waals surface area (Å²) in [4.78, 5) is 14.6. The molecule has 6 heteroatoms. The molecule has 0 aromatic heterocycles. The molecule has 0 atom stereocenters. The smallest absolute Gasteiger partial charge is 0.234 e. The van der Waals surface area contributed by atoms with Gasteiger partial charge in [-0.15, -0.1) is 11.8 Å². The third kappa shape index (κ3) is 4.95. The van der Waals surface area contributed by atoms with Gasteiger partial charge in [0.25, 0.3) is 0 Å². The van der Waals surface area contributed by atoms with Crippen molar-refractivity contribution >= 4 is 29.0 Å². The Morgan fingerprint density at radius 2 is 1.76 bits per heavy atom. The van der Waals surface area contributed by atoms with Crippen LogP contribution in [0.5, 0.6) is 0 Å². The molecule has 25 heavy (non-hydrogen) atoms. The Morgan fingerprint density at radius 3 is 2.44 bits per heavy atom. The summed E-state index contributed by atoms with van der Waals surface area (Å²) in [5.74, 6) is -1.43. The minimum atomic E-state index is -0.649. The molecule has 2 aromatic carbocycles. The van der Waals surface area contributed by atoms with Crippen LogP contribution in [0.3, 0.4) is 0 Å². The van der Waals surface area contributed by atoms with Crippen molar-refractivity contribution in [1.82, 2.24) is 0 Å². The van der Waals surface area contributed by atoms with Crippen molar-refractivity contribution in [2.45, 2.75) is 24.2 Å². The predicted octanol–water partition coefficient (Wildman–Crippen LogP) is 4.69. The standard InChI is InChI=1S/C19H20F2N2OS/c20-14-4-9-18(17(21)12-14)25-13-19(24)22-15-5-7-16(8-6-15)23-10-2-1-3-11-23/h4-9,12H,1-3,10-11,13H2,(H,22,24). The zero-order chi connectivity index (χ0) is 17.6. The molecule has 0 radical (unpaired) electrons. The monoisotopic (exact) mass is 362 g/mol. The first-order valence-corrected chi connectivity index (χ1v) is 9.33. The molecule has 3 rings (SSSR count). The summed E-state index contributed by atoms with van der Waals surface area (Å²) in [6.45, 7) is 2.15. The molecule has 3 nitrogen and oxygen atoms in total. The van der Waals surface area contributed by atoms with Crippen LogP contribution >= 0.6 is 11.8 Å². The lowest BCUT2D eigenvalue weighted by molar-refractivity contribution is -0.113. The molecule has 0 spiro atoms. The molecule has 1 aliphatic heterocycles. The molecule has 1 saturated heterocycles. The second kappa shape index (κ2) is 8.34. The van der Waals surface area contributed by atoms with Crippen molar-refractivity contribution in [1.29, 1.82) is 0 Å². The molecule has 2 aromatic rings. The Hall–Kier alpha value is -2.08. The first-order chi connectivity index (χ1) is 12.1. The van der Waals surface area contributed by atoms with Gasteiger partial charge < -0.3 is 10.2 Å². The molecule has 0 saturated carbocycles. The Balaban J connectivity index is 1.52. The van der Waals surface area contributed by atoms with Crippen molar-refractivity contribution in [3.05, 3.63) is 54.1 Å². The van der Waals surface area contributed by atoms with Gasteiger partial charge in [-0.05, 0) is 55.7 Å². The van der Waals surface area contributed by atoms with Gasteiger partial charge in [-0.1, -0.05) is 0 Å². The maximum Gasteiger partial charge on any atom is 0.234 e. The summed E-state index contributed by atoms with van der Waals surface area (Å²) < 4.78 is 26.4. The number of hydrogen-bond donors (Lipinski definition) is 1. The van der Waals surface area contributed by atoms with Crippen LogP contribution in [-0.4, -0.2) is 24.7 Å². The first-order valence-electron chi connectivity index (χ1n) is 8.34. The summed E-state index contributed by atoms with van der Waals surface area (Å²) in [5, 5.41) is 2.80. The first kappa shape index (κ1) is 17.7. The number of amides is 1. The van der Waals surface area contributed by atoms with E-state index >= 15 is 0 Å². The van der Waals surface area contributed by atoms with Crippen molar-refractivity contribution in [2.75, 3.05) is 29.1 Å². The Kier molecular flexibility index (Phi) is 5.91. The number of thioether (sulfide) groups is 1. The van der Waals surface area contributed by atoms with Gasteiger partial charge in [0.15, 0.2) is 0 Å². The van der Waals surface area contributed by atoms with Crippen LogP contribution in [0.15, 0.2) is 47.4 Å². The number of hydrogen-bond acceptors (Lipinski definition) is 3. The maximum atomic E-state index is 13.6. The number of nitrogens with zero attached hydrogens (tertiary/aromatic N) is 1. The highest BCUT2D eigenvalue weighted by atomic mass is 32.2. The van der Waals surface area contributed by atoms with E-state index in [9.17, 15) is 13.6 Å². The molecule has 1 heterocycles. The van der Waals surface area contributed by atoms with E-state index in [1.54, 1.807) is 0 Å². The van der Waals surface area contributed by atoms with Crippen LogP contribution in [0.1, 0.15) is 19.3 Å². The molecule has 0 unspecified atom stereocenters. The van der Waals surface area contributed by atoms with E-state index in [1.165, 1.54) is 37.1 Å². The fourth-order valence-electron chi connectivity index (χ4n) is 2.84. The molecule has 1 fully saturated rings. The van der Waals surface area contributed by atoms with Crippen molar-refractivity contribution in [2.24, 2.45) is 0 Å². The molecular weight excluding hydrogens is 342 g/mol. The molecule has 132 valence electrons. The number of rotatable bonds is 5. The van der Waals surface area contributed by atoms with Crippen molar-refractivity contribution in [3.8, 4) is 0 Å². The van der Waals surface area contributed by atoms with Crippen molar-refractivity contribution in [3.63, 3.8) is 0 Å². The van der Waals surface area contributed by atoms with E-state index in [4.69, 9.17) is 0 Å². The van der Waals surface area contributed by atoms with E-state index in [-0.39, 0.29) is 16.6 Å². The van der Waals surface area contributed by atoms with E-state index in [0.717, 1.165) is 30.9 Å². The van der Waals surface area contributed by atoms with Crippen LogP contribution in [0, 0.1) is 11.6 Å². The lowest BCUT2D eigenvalue weighted by atomic mass is 10.1. The van der Waals surface area contributed by atoms with E-state index in [0.29, 0.717) is 5.69 Å². The molecule has 0 aliphatic carbocycles. The minimum Gasteiger partial charge on any atom is -0.372 e.